The minimum atomic E-state index is -0.0900. The van der Waals surface area contributed by atoms with Crippen molar-refractivity contribution < 1.29 is 4.39 Å². The lowest BCUT2D eigenvalue weighted by Gasteiger charge is -2.09. The molecule has 0 aliphatic rings. The molecule has 0 N–H and O–H groups in total. The summed E-state index contributed by atoms with van der Waals surface area (Å²) in [5.74, 6) is 0.368. The van der Waals surface area contributed by atoms with Crippen LogP contribution in [0.2, 0.25) is 0 Å². The van der Waals surface area contributed by atoms with Gasteiger partial charge in [-0.05, 0) is 36.5 Å². The fraction of sp³-hybridized carbons (Fsp3) is 0.455. The third-order valence-corrected chi connectivity index (χ3v) is 2.38. The van der Waals surface area contributed by atoms with Gasteiger partial charge in [-0.2, -0.15) is 0 Å². The van der Waals surface area contributed by atoms with Crippen LogP contribution in [0.4, 0.5) is 4.39 Å². The van der Waals surface area contributed by atoms with Crippen molar-refractivity contribution in [2.45, 2.75) is 33.1 Å². The summed E-state index contributed by atoms with van der Waals surface area (Å²) < 4.78 is 13.1. The van der Waals surface area contributed by atoms with Gasteiger partial charge >= 0.3 is 0 Å². The van der Waals surface area contributed by atoms with Gasteiger partial charge in [-0.15, -0.1) is 0 Å². The van der Waals surface area contributed by atoms with Crippen molar-refractivity contribution >= 4 is 0 Å². The Labute approximate surface area is 73.4 Å². The first-order valence-electron chi connectivity index (χ1n) is 4.41. The number of aryl methyl sites for hydroxylation is 1. The van der Waals surface area contributed by atoms with Crippen molar-refractivity contribution in [2.75, 3.05) is 0 Å². The van der Waals surface area contributed by atoms with Gasteiger partial charge in [0, 0.05) is 0 Å². The molecule has 1 aromatic rings. The summed E-state index contributed by atoms with van der Waals surface area (Å²) in [5.41, 5.74) is 1.82. The smallest absolute Gasteiger partial charge is 0.126 e. The Morgan fingerprint density at radius 3 is 2.58 bits per heavy atom. The normalized spacial score (nSPS) is 13.0. The maximum atomic E-state index is 13.1. The first kappa shape index (κ1) is 9.24. The van der Waals surface area contributed by atoms with Crippen LogP contribution in [0.1, 0.15) is 37.3 Å². The van der Waals surface area contributed by atoms with Crippen LogP contribution < -0.4 is 0 Å². The van der Waals surface area contributed by atoms with E-state index in [9.17, 15) is 4.39 Å². The fourth-order valence-corrected chi connectivity index (χ4v) is 1.15. The molecular formula is C11H15F. The molecule has 0 radical (unpaired) electrons. The van der Waals surface area contributed by atoms with Gasteiger partial charge < -0.3 is 0 Å². The van der Waals surface area contributed by atoms with Gasteiger partial charge in [0.2, 0.25) is 0 Å². The molecule has 1 unspecified atom stereocenters. The molecule has 0 spiro atoms. The van der Waals surface area contributed by atoms with Crippen molar-refractivity contribution in [3.8, 4) is 0 Å². The van der Waals surface area contributed by atoms with Crippen molar-refractivity contribution in [1.82, 2.24) is 0 Å². The fourth-order valence-electron chi connectivity index (χ4n) is 1.15. The van der Waals surface area contributed by atoms with Crippen molar-refractivity contribution in [3.05, 3.63) is 35.1 Å². The predicted octanol–water partition coefficient (Wildman–Crippen LogP) is 3.65. The minimum Gasteiger partial charge on any atom is -0.207 e. The van der Waals surface area contributed by atoms with Gasteiger partial charge in [0.05, 0.1) is 0 Å². The highest BCUT2D eigenvalue weighted by Crippen LogP contribution is 2.20. The summed E-state index contributed by atoms with van der Waals surface area (Å²) >= 11 is 0. The Balaban J connectivity index is 2.96. The monoisotopic (exact) mass is 166 g/mol. The van der Waals surface area contributed by atoms with Crippen LogP contribution in [0.5, 0.6) is 0 Å². The number of halogens is 1. The summed E-state index contributed by atoms with van der Waals surface area (Å²) in [6.07, 6.45) is 1.06. The van der Waals surface area contributed by atoms with Gasteiger partial charge in [-0.25, -0.2) is 4.39 Å². The molecule has 0 saturated heterocycles. The third kappa shape index (κ3) is 1.84. The van der Waals surface area contributed by atoms with E-state index in [1.165, 1.54) is 0 Å². The van der Waals surface area contributed by atoms with Crippen LogP contribution >= 0.6 is 0 Å². The molecule has 12 heavy (non-hydrogen) atoms. The third-order valence-electron chi connectivity index (χ3n) is 2.38. The molecule has 0 aliphatic heterocycles. The Hall–Kier alpha value is -0.850. The van der Waals surface area contributed by atoms with Crippen LogP contribution in [0.25, 0.3) is 0 Å². The lowest BCUT2D eigenvalue weighted by atomic mass is 9.98. The molecule has 0 nitrogen and oxygen atoms in total. The molecule has 0 fully saturated rings. The van der Waals surface area contributed by atoms with E-state index in [0.29, 0.717) is 5.92 Å². The van der Waals surface area contributed by atoms with Gasteiger partial charge in [0.25, 0.3) is 0 Å². The maximum absolute atomic E-state index is 13.1. The lowest BCUT2D eigenvalue weighted by molar-refractivity contribution is 0.611. The van der Waals surface area contributed by atoms with Gasteiger partial charge in [0.1, 0.15) is 5.82 Å². The molecule has 1 atom stereocenters. The zero-order chi connectivity index (χ0) is 9.14. The lowest BCUT2D eigenvalue weighted by Crippen LogP contribution is -1.93. The molecule has 0 aliphatic carbocycles. The molecule has 0 aromatic heterocycles. The first-order chi connectivity index (χ1) is 5.65. The minimum absolute atomic E-state index is 0.0900. The number of rotatable bonds is 2. The van der Waals surface area contributed by atoms with Gasteiger partial charge in [0.15, 0.2) is 0 Å². The summed E-state index contributed by atoms with van der Waals surface area (Å²) in [6.45, 7) is 6.02. The van der Waals surface area contributed by atoms with Crippen molar-refractivity contribution in [3.63, 3.8) is 0 Å². The molecule has 0 amide bonds. The molecular weight excluding hydrogens is 151 g/mol. The van der Waals surface area contributed by atoms with Crippen LogP contribution in [0.3, 0.4) is 0 Å². The van der Waals surface area contributed by atoms with E-state index in [4.69, 9.17) is 0 Å². The Morgan fingerprint density at radius 1 is 1.42 bits per heavy atom. The van der Waals surface area contributed by atoms with E-state index >= 15 is 0 Å². The molecule has 66 valence electrons. The zero-order valence-corrected chi connectivity index (χ0v) is 7.89. The van der Waals surface area contributed by atoms with E-state index in [2.05, 4.69) is 13.8 Å². The molecule has 1 rings (SSSR count). The average Bonchev–Trinajstić information content (AvgIpc) is 2.08. The SMILES string of the molecule is CCC(C)c1ccc(C)c(F)c1. The van der Waals surface area contributed by atoms with Crippen LogP contribution in [-0.4, -0.2) is 0 Å². The number of benzene rings is 1. The highest BCUT2D eigenvalue weighted by atomic mass is 19.1. The summed E-state index contributed by atoms with van der Waals surface area (Å²) in [6, 6.07) is 5.49. The van der Waals surface area contributed by atoms with E-state index < -0.39 is 0 Å². The highest BCUT2D eigenvalue weighted by molar-refractivity contribution is 5.25. The summed E-state index contributed by atoms with van der Waals surface area (Å²) in [4.78, 5) is 0. The van der Waals surface area contributed by atoms with Crippen LogP contribution in [-0.2, 0) is 0 Å². The van der Waals surface area contributed by atoms with E-state index in [1.54, 1.807) is 13.0 Å². The molecule has 1 heteroatoms. The number of hydrogen-bond donors (Lipinski definition) is 0. The second kappa shape index (κ2) is 3.70. The quantitative estimate of drug-likeness (QED) is 0.629. The van der Waals surface area contributed by atoms with Gasteiger partial charge in [-0.3, -0.25) is 0 Å². The zero-order valence-electron chi connectivity index (χ0n) is 7.89. The van der Waals surface area contributed by atoms with Gasteiger partial charge in [-0.1, -0.05) is 26.0 Å². The standard InChI is InChI=1S/C11H15F/c1-4-8(2)10-6-5-9(3)11(12)7-10/h5-8H,4H2,1-3H3. The van der Waals surface area contributed by atoms with Crippen LogP contribution in [0.15, 0.2) is 18.2 Å². The molecule has 0 bridgehead atoms. The number of hydrogen-bond acceptors (Lipinski definition) is 0. The molecule has 1 aromatic carbocycles. The Bertz CT molecular complexity index is 266. The molecule has 0 saturated carbocycles. The van der Waals surface area contributed by atoms with E-state index in [1.807, 2.05) is 12.1 Å². The summed E-state index contributed by atoms with van der Waals surface area (Å²) in [5, 5.41) is 0. The van der Waals surface area contributed by atoms with E-state index in [-0.39, 0.29) is 5.82 Å². The Morgan fingerprint density at radius 2 is 2.08 bits per heavy atom. The largest absolute Gasteiger partial charge is 0.207 e. The second-order valence-electron chi connectivity index (χ2n) is 3.32. The van der Waals surface area contributed by atoms with Crippen LogP contribution in [0, 0.1) is 12.7 Å². The predicted molar refractivity (Wildman–Crippen MR) is 49.8 cm³/mol. The topological polar surface area (TPSA) is 0 Å². The summed E-state index contributed by atoms with van der Waals surface area (Å²) in [7, 11) is 0. The van der Waals surface area contributed by atoms with Crippen molar-refractivity contribution in [1.29, 1.82) is 0 Å². The second-order valence-corrected chi connectivity index (χ2v) is 3.32. The Kier molecular flexibility index (Phi) is 2.85. The average molecular weight is 166 g/mol. The highest BCUT2D eigenvalue weighted by Gasteiger charge is 2.04. The first-order valence-corrected chi connectivity index (χ1v) is 4.41. The maximum Gasteiger partial charge on any atom is 0.126 e. The van der Waals surface area contributed by atoms with E-state index in [0.717, 1.165) is 17.5 Å². The molecule has 0 heterocycles. The van der Waals surface area contributed by atoms with Crippen molar-refractivity contribution in [2.24, 2.45) is 0 Å².